The third-order valence-electron chi connectivity index (χ3n) is 2.26. The SMILES string of the molecule is C=CC[C@@H]1C[C@@H](O)C(O)[C@@H](CO)O1. The fourth-order valence-corrected chi connectivity index (χ4v) is 1.53. The maximum absolute atomic E-state index is 9.40. The van der Waals surface area contributed by atoms with E-state index < -0.39 is 18.3 Å². The van der Waals surface area contributed by atoms with Crippen LogP contribution < -0.4 is 0 Å². The van der Waals surface area contributed by atoms with Gasteiger partial charge in [0.25, 0.3) is 0 Å². The third kappa shape index (κ3) is 2.51. The van der Waals surface area contributed by atoms with E-state index in [1.165, 1.54) is 0 Å². The molecule has 0 aromatic carbocycles. The van der Waals surface area contributed by atoms with Crippen LogP contribution in [0.5, 0.6) is 0 Å². The van der Waals surface area contributed by atoms with Gasteiger partial charge in [0.1, 0.15) is 12.2 Å². The average molecular weight is 188 g/mol. The molecule has 0 aromatic heterocycles. The summed E-state index contributed by atoms with van der Waals surface area (Å²) in [7, 11) is 0. The largest absolute Gasteiger partial charge is 0.394 e. The number of hydrogen-bond donors (Lipinski definition) is 3. The summed E-state index contributed by atoms with van der Waals surface area (Å²) in [4.78, 5) is 0. The Morgan fingerprint density at radius 3 is 2.69 bits per heavy atom. The minimum absolute atomic E-state index is 0.145. The average Bonchev–Trinajstić information content (AvgIpc) is 2.11. The van der Waals surface area contributed by atoms with E-state index in [0.29, 0.717) is 12.8 Å². The Kier molecular flexibility index (Phi) is 3.87. The molecule has 4 atom stereocenters. The molecule has 1 heterocycles. The molecule has 0 amide bonds. The van der Waals surface area contributed by atoms with Gasteiger partial charge in [-0.1, -0.05) is 6.08 Å². The van der Waals surface area contributed by atoms with Gasteiger partial charge in [0.05, 0.1) is 18.8 Å². The first-order chi connectivity index (χ1) is 6.19. The molecule has 3 N–H and O–H groups in total. The second-order valence-corrected chi connectivity index (χ2v) is 3.30. The Bertz CT molecular complexity index is 171. The standard InChI is InChI=1S/C9H16O4/c1-2-3-6-4-7(11)9(12)8(5-10)13-6/h2,6-12H,1,3-5H2/t6-,7-,8-,9?/m1/s1. The number of aliphatic hydroxyl groups is 3. The van der Waals surface area contributed by atoms with Gasteiger partial charge in [-0.25, -0.2) is 0 Å². The van der Waals surface area contributed by atoms with E-state index in [4.69, 9.17) is 9.84 Å². The van der Waals surface area contributed by atoms with Gasteiger partial charge in [0, 0.05) is 6.42 Å². The van der Waals surface area contributed by atoms with Crippen LogP contribution >= 0.6 is 0 Å². The third-order valence-corrected chi connectivity index (χ3v) is 2.26. The van der Waals surface area contributed by atoms with Crippen molar-refractivity contribution in [2.75, 3.05) is 6.61 Å². The molecule has 0 radical (unpaired) electrons. The lowest BCUT2D eigenvalue weighted by atomic mass is 9.97. The molecule has 1 saturated heterocycles. The molecular weight excluding hydrogens is 172 g/mol. The maximum Gasteiger partial charge on any atom is 0.109 e. The van der Waals surface area contributed by atoms with Crippen LogP contribution in [0, 0.1) is 0 Å². The van der Waals surface area contributed by atoms with Crippen molar-refractivity contribution in [1.82, 2.24) is 0 Å². The number of rotatable bonds is 3. The van der Waals surface area contributed by atoms with Crippen LogP contribution in [0.4, 0.5) is 0 Å². The van der Waals surface area contributed by atoms with Crippen molar-refractivity contribution in [1.29, 1.82) is 0 Å². The van der Waals surface area contributed by atoms with Gasteiger partial charge in [0.2, 0.25) is 0 Å². The van der Waals surface area contributed by atoms with Crippen LogP contribution in [0.2, 0.25) is 0 Å². The first-order valence-electron chi connectivity index (χ1n) is 4.42. The molecule has 0 saturated carbocycles. The van der Waals surface area contributed by atoms with E-state index >= 15 is 0 Å². The smallest absolute Gasteiger partial charge is 0.109 e. The molecule has 0 aromatic rings. The van der Waals surface area contributed by atoms with Crippen LogP contribution in [-0.4, -0.2) is 46.3 Å². The summed E-state index contributed by atoms with van der Waals surface area (Å²) >= 11 is 0. The van der Waals surface area contributed by atoms with E-state index in [9.17, 15) is 10.2 Å². The normalized spacial score (nSPS) is 40.2. The van der Waals surface area contributed by atoms with Crippen molar-refractivity contribution in [2.45, 2.75) is 37.3 Å². The monoisotopic (exact) mass is 188 g/mol. The van der Waals surface area contributed by atoms with E-state index in [0.717, 1.165) is 0 Å². The lowest BCUT2D eigenvalue weighted by Crippen LogP contribution is -2.49. The molecule has 1 aliphatic heterocycles. The van der Waals surface area contributed by atoms with Gasteiger partial charge in [-0.2, -0.15) is 0 Å². The van der Waals surface area contributed by atoms with Crippen LogP contribution in [-0.2, 0) is 4.74 Å². The quantitative estimate of drug-likeness (QED) is 0.519. The Morgan fingerprint density at radius 1 is 1.46 bits per heavy atom. The highest BCUT2D eigenvalue weighted by Gasteiger charge is 2.35. The predicted molar refractivity (Wildman–Crippen MR) is 47.2 cm³/mol. The van der Waals surface area contributed by atoms with E-state index in [1.54, 1.807) is 6.08 Å². The number of aliphatic hydroxyl groups excluding tert-OH is 3. The first kappa shape index (κ1) is 10.7. The van der Waals surface area contributed by atoms with Crippen molar-refractivity contribution >= 4 is 0 Å². The fourth-order valence-electron chi connectivity index (χ4n) is 1.53. The highest BCUT2D eigenvalue weighted by molar-refractivity contribution is 4.87. The Labute approximate surface area is 77.5 Å². The summed E-state index contributed by atoms with van der Waals surface area (Å²) in [5.74, 6) is 0. The molecule has 0 spiro atoms. The van der Waals surface area contributed by atoms with Crippen LogP contribution in [0.3, 0.4) is 0 Å². The van der Waals surface area contributed by atoms with Crippen molar-refractivity contribution < 1.29 is 20.1 Å². The zero-order valence-corrected chi connectivity index (χ0v) is 7.47. The van der Waals surface area contributed by atoms with E-state index in [2.05, 4.69) is 6.58 Å². The summed E-state index contributed by atoms with van der Waals surface area (Å²) < 4.78 is 5.33. The molecule has 0 aliphatic carbocycles. The fraction of sp³-hybridized carbons (Fsp3) is 0.778. The molecular formula is C9H16O4. The Balaban J connectivity index is 2.52. The summed E-state index contributed by atoms with van der Waals surface area (Å²) in [6.07, 6.45) is 0.108. The van der Waals surface area contributed by atoms with Crippen molar-refractivity contribution in [3.05, 3.63) is 12.7 Å². The van der Waals surface area contributed by atoms with Gasteiger partial charge in [-0.05, 0) is 6.42 Å². The van der Waals surface area contributed by atoms with Gasteiger partial charge >= 0.3 is 0 Å². The lowest BCUT2D eigenvalue weighted by molar-refractivity contribution is -0.178. The molecule has 4 heteroatoms. The summed E-state index contributed by atoms with van der Waals surface area (Å²) in [6, 6.07) is 0. The Morgan fingerprint density at radius 2 is 2.15 bits per heavy atom. The van der Waals surface area contributed by atoms with Crippen molar-refractivity contribution in [3.63, 3.8) is 0 Å². The molecule has 13 heavy (non-hydrogen) atoms. The Hall–Kier alpha value is -0.420. The van der Waals surface area contributed by atoms with Crippen molar-refractivity contribution in [3.8, 4) is 0 Å². The van der Waals surface area contributed by atoms with Gasteiger partial charge < -0.3 is 20.1 Å². The zero-order valence-electron chi connectivity index (χ0n) is 7.47. The maximum atomic E-state index is 9.40. The summed E-state index contributed by atoms with van der Waals surface area (Å²) in [5.41, 5.74) is 0. The molecule has 76 valence electrons. The van der Waals surface area contributed by atoms with E-state index in [-0.39, 0.29) is 12.7 Å². The van der Waals surface area contributed by atoms with Crippen LogP contribution in [0.1, 0.15) is 12.8 Å². The zero-order chi connectivity index (χ0) is 9.84. The summed E-state index contributed by atoms with van der Waals surface area (Å²) in [6.45, 7) is 3.29. The van der Waals surface area contributed by atoms with Crippen LogP contribution in [0.25, 0.3) is 0 Å². The minimum atomic E-state index is -0.980. The van der Waals surface area contributed by atoms with Gasteiger partial charge in [0.15, 0.2) is 0 Å². The highest BCUT2D eigenvalue weighted by Crippen LogP contribution is 2.22. The topological polar surface area (TPSA) is 69.9 Å². The number of ether oxygens (including phenoxy) is 1. The summed E-state index contributed by atoms with van der Waals surface area (Å²) in [5, 5.41) is 27.6. The molecule has 4 nitrogen and oxygen atoms in total. The molecule has 1 unspecified atom stereocenters. The van der Waals surface area contributed by atoms with Crippen LogP contribution in [0.15, 0.2) is 12.7 Å². The van der Waals surface area contributed by atoms with E-state index in [1.807, 2.05) is 0 Å². The van der Waals surface area contributed by atoms with Crippen molar-refractivity contribution in [2.24, 2.45) is 0 Å². The number of hydrogen-bond acceptors (Lipinski definition) is 4. The predicted octanol–water partition coefficient (Wildman–Crippen LogP) is -0.566. The van der Waals surface area contributed by atoms with Gasteiger partial charge in [-0.3, -0.25) is 0 Å². The second-order valence-electron chi connectivity index (χ2n) is 3.30. The first-order valence-corrected chi connectivity index (χ1v) is 4.42. The van der Waals surface area contributed by atoms with Gasteiger partial charge in [-0.15, -0.1) is 6.58 Å². The molecule has 1 rings (SSSR count). The lowest BCUT2D eigenvalue weighted by Gasteiger charge is -2.36. The molecule has 1 fully saturated rings. The molecule has 0 bridgehead atoms. The minimum Gasteiger partial charge on any atom is -0.394 e. The highest BCUT2D eigenvalue weighted by atomic mass is 16.5. The second kappa shape index (κ2) is 4.72. The molecule has 1 aliphatic rings.